The maximum absolute atomic E-state index is 13.8. The minimum Gasteiger partial charge on any atom is -0.396 e. The normalized spacial score (nSPS) is 24.8. The van der Waals surface area contributed by atoms with Gasteiger partial charge in [0, 0.05) is 0 Å². The molecule has 0 bridgehead atoms. The molecule has 0 radical (unpaired) electrons. The summed E-state index contributed by atoms with van der Waals surface area (Å²) < 4.78 is 13.8. The molecule has 2 N–H and O–H groups in total. The van der Waals surface area contributed by atoms with Crippen LogP contribution in [0, 0.1) is 24.1 Å². The average Bonchev–Trinajstić information content (AvgIpc) is 2.63. The van der Waals surface area contributed by atoms with E-state index in [1.807, 2.05) is 0 Å². The molecule has 0 spiro atoms. The molecule has 0 saturated heterocycles. The van der Waals surface area contributed by atoms with Crippen LogP contribution in [0.1, 0.15) is 62.8 Å². The third kappa shape index (κ3) is 4.56. The van der Waals surface area contributed by atoms with Crippen LogP contribution >= 0.6 is 0 Å². The zero-order chi connectivity index (χ0) is 16.5. The molecule has 0 atom stereocenters. The first-order chi connectivity index (χ1) is 11.7. The second-order valence-corrected chi connectivity index (χ2v) is 7.80. The van der Waals surface area contributed by atoms with Crippen molar-refractivity contribution in [1.82, 2.24) is 0 Å². The number of nitrogen functional groups attached to an aromatic ring is 1. The number of rotatable bonds is 2. The summed E-state index contributed by atoms with van der Waals surface area (Å²) in [6.07, 6.45) is 13.2. The van der Waals surface area contributed by atoms with Gasteiger partial charge in [0.2, 0.25) is 0 Å². The van der Waals surface area contributed by atoms with Gasteiger partial charge in [0.25, 0.3) is 0 Å². The van der Waals surface area contributed by atoms with Gasteiger partial charge in [0.15, 0.2) is 0 Å². The Hall–Kier alpha value is 0.235. The number of hydrogen-bond acceptors (Lipinski definition) is 1. The monoisotopic (exact) mass is 409 g/mol. The van der Waals surface area contributed by atoms with E-state index in [1.165, 1.54) is 56.9 Å². The molecule has 2 aromatic rings. The van der Waals surface area contributed by atoms with E-state index < -0.39 is 0 Å². The van der Waals surface area contributed by atoms with Crippen molar-refractivity contribution >= 4 is 16.5 Å². The second kappa shape index (κ2) is 8.95. The summed E-state index contributed by atoms with van der Waals surface area (Å²) in [5.41, 5.74) is 7.29. The Bertz CT molecular complexity index is 715. The summed E-state index contributed by atoms with van der Waals surface area (Å²) in [6, 6.07) is 9.83. The van der Waals surface area contributed by atoms with Gasteiger partial charge in [-0.3, -0.25) is 0 Å². The van der Waals surface area contributed by atoms with Crippen molar-refractivity contribution in [3.05, 3.63) is 48.1 Å². The van der Waals surface area contributed by atoms with E-state index in [0.29, 0.717) is 5.92 Å². The number of anilines is 1. The minimum atomic E-state index is -0.308. The van der Waals surface area contributed by atoms with Gasteiger partial charge in [-0.1, -0.05) is 31.0 Å². The largest absolute Gasteiger partial charge is 1.00 e. The van der Waals surface area contributed by atoms with Crippen LogP contribution in [0.15, 0.2) is 30.3 Å². The van der Waals surface area contributed by atoms with Crippen LogP contribution in [0.2, 0.25) is 0 Å². The van der Waals surface area contributed by atoms with E-state index in [-0.39, 0.29) is 69.7 Å². The Kier molecular flexibility index (Phi) is 7.15. The molecular weight excluding hydrogens is 383 g/mol. The summed E-state index contributed by atoms with van der Waals surface area (Å²) in [4.78, 5) is 0. The molecule has 2 aliphatic carbocycles. The topological polar surface area (TPSA) is 26.0 Å². The van der Waals surface area contributed by atoms with E-state index in [2.05, 4.69) is 24.6 Å². The van der Waals surface area contributed by atoms with E-state index in [4.69, 9.17) is 5.73 Å². The molecule has 2 fully saturated rings. The summed E-state index contributed by atoms with van der Waals surface area (Å²) >= 11 is 0. The Balaban J connectivity index is 0.00000182. The fraction of sp³-hybridized carbons (Fsp3) is 0.500. The molecule has 0 unspecified atom stereocenters. The van der Waals surface area contributed by atoms with Gasteiger partial charge in [-0.25, -0.2) is 4.39 Å². The summed E-state index contributed by atoms with van der Waals surface area (Å²) in [7, 11) is 0. The van der Waals surface area contributed by atoms with Gasteiger partial charge in [0.05, 0.1) is 5.69 Å². The van der Waals surface area contributed by atoms with Gasteiger partial charge in [0.1, 0.15) is 5.82 Å². The predicted octanol–water partition coefficient (Wildman–Crippen LogP) is 3.23. The van der Waals surface area contributed by atoms with Crippen molar-refractivity contribution in [2.24, 2.45) is 11.8 Å². The molecule has 2 saturated carbocycles. The molecule has 25 heavy (non-hydrogen) atoms. The van der Waals surface area contributed by atoms with Gasteiger partial charge in [-0.05, 0) is 71.9 Å². The van der Waals surface area contributed by atoms with Crippen LogP contribution < -0.4 is 63.9 Å². The first-order valence-corrected chi connectivity index (χ1v) is 9.51. The van der Waals surface area contributed by atoms with Crippen molar-refractivity contribution in [2.45, 2.75) is 57.3 Å². The molecule has 3 heteroatoms. The van der Waals surface area contributed by atoms with Crippen LogP contribution in [0.4, 0.5) is 10.1 Å². The zero-order valence-corrected chi connectivity index (χ0v) is 20.2. The Morgan fingerprint density at radius 1 is 0.840 bits per heavy atom. The van der Waals surface area contributed by atoms with Crippen molar-refractivity contribution in [2.75, 3.05) is 5.73 Å². The van der Waals surface area contributed by atoms with Crippen LogP contribution in [0.5, 0.6) is 0 Å². The maximum atomic E-state index is 13.8. The quantitative estimate of drug-likeness (QED) is 0.598. The van der Waals surface area contributed by atoms with E-state index in [9.17, 15) is 4.39 Å². The minimum absolute atomic E-state index is 0. The SMILES string of the molecule is Nc1cc2ccc(C3CCC(C4CC[CH-]CC4)CC3)cc2cc1F.[Rb+]. The van der Waals surface area contributed by atoms with Crippen LogP contribution in [-0.4, -0.2) is 0 Å². The Morgan fingerprint density at radius 3 is 2.24 bits per heavy atom. The second-order valence-electron chi connectivity index (χ2n) is 7.80. The maximum Gasteiger partial charge on any atom is 1.00 e. The zero-order valence-electron chi connectivity index (χ0n) is 15.3. The molecular formula is C22H27FNRb. The van der Waals surface area contributed by atoms with Crippen molar-refractivity contribution in [1.29, 1.82) is 0 Å². The molecule has 2 aliphatic rings. The standard InChI is InChI=1S/C22H27FN.Rb/c23-21-13-20-12-18(10-11-19(20)14-22(21)24)17-8-6-16(7-9-17)15-4-2-1-3-5-15;/h1,10-17H,2-9,24H2;/q-1;+1. The average molecular weight is 410 g/mol. The molecule has 0 aromatic heterocycles. The van der Waals surface area contributed by atoms with Crippen molar-refractivity contribution < 1.29 is 62.6 Å². The van der Waals surface area contributed by atoms with Gasteiger partial charge >= 0.3 is 58.2 Å². The predicted molar refractivity (Wildman–Crippen MR) is 99.3 cm³/mol. The van der Waals surface area contributed by atoms with Crippen molar-refractivity contribution in [3.63, 3.8) is 0 Å². The van der Waals surface area contributed by atoms with Gasteiger partial charge in [-0.2, -0.15) is 12.8 Å². The smallest absolute Gasteiger partial charge is 0.396 e. The summed E-state index contributed by atoms with van der Waals surface area (Å²) in [6.45, 7) is 0. The van der Waals surface area contributed by atoms with Crippen molar-refractivity contribution in [3.8, 4) is 0 Å². The van der Waals surface area contributed by atoms with Crippen LogP contribution in [0.25, 0.3) is 10.8 Å². The first kappa shape index (κ1) is 20.0. The Morgan fingerprint density at radius 2 is 1.52 bits per heavy atom. The number of hydrogen-bond donors (Lipinski definition) is 1. The van der Waals surface area contributed by atoms with E-state index in [1.54, 1.807) is 12.1 Å². The molecule has 2 aromatic carbocycles. The number of halogens is 1. The van der Waals surface area contributed by atoms with Crippen LogP contribution in [0.3, 0.4) is 0 Å². The fourth-order valence-electron chi connectivity index (χ4n) is 4.91. The van der Waals surface area contributed by atoms with Gasteiger partial charge in [-0.15, -0.1) is 0 Å². The molecule has 4 rings (SSSR count). The van der Waals surface area contributed by atoms with Crippen LogP contribution in [-0.2, 0) is 0 Å². The fourth-order valence-corrected chi connectivity index (χ4v) is 4.91. The Labute approximate surface area is 199 Å². The van der Waals surface area contributed by atoms with Gasteiger partial charge < -0.3 is 12.2 Å². The molecule has 0 amide bonds. The first-order valence-electron chi connectivity index (χ1n) is 9.51. The molecule has 128 valence electrons. The number of fused-ring (bicyclic) bond motifs is 1. The number of benzene rings is 2. The molecule has 1 nitrogen and oxygen atoms in total. The third-order valence-electron chi connectivity index (χ3n) is 6.37. The van der Waals surface area contributed by atoms with E-state index in [0.717, 1.165) is 22.6 Å². The summed E-state index contributed by atoms with van der Waals surface area (Å²) in [5, 5.41) is 2.01. The summed E-state index contributed by atoms with van der Waals surface area (Å²) in [5.74, 6) is 2.23. The third-order valence-corrected chi connectivity index (χ3v) is 6.37. The van der Waals surface area contributed by atoms with E-state index >= 15 is 0 Å². The molecule has 0 heterocycles. The molecule has 0 aliphatic heterocycles. The number of nitrogens with two attached hydrogens (primary N) is 1.